The van der Waals surface area contributed by atoms with Crippen LogP contribution in [-0.4, -0.2) is 22.0 Å². The molecular formula is C20H20N4O2S2. The van der Waals surface area contributed by atoms with Gasteiger partial charge in [-0.05, 0) is 36.8 Å². The number of hydrogen-bond acceptors (Lipinski definition) is 6. The zero-order valence-corrected chi connectivity index (χ0v) is 17.2. The minimum absolute atomic E-state index is 0.0950. The fraction of sp³-hybridized carbons (Fsp3) is 0.200. The summed E-state index contributed by atoms with van der Waals surface area (Å²) in [6, 6.07) is 15.6. The van der Waals surface area contributed by atoms with Gasteiger partial charge in [0.15, 0.2) is 0 Å². The number of thioether (sulfide) groups is 1. The monoisotopic (exact) mass is 412 g/mol. The van der Waals surface area contributed by atoms with Crippen LogP contribution in [0, 0.1) is 6.92 Å². The number of rotatable bonds is 7. The van der Waals surface area contributed by atoms with Gasteiger partial charge in [0.05, 0.1) is 5.75 Å². The molecule has 0 aliphatic heterocycles. The number of anilines is 1. The lowest BCUT2D eigenvalue weighted by Crippen LogP contribution is -2.22. The summed E-state index contributed by atoms with van der Waals surface area (Å²) in [6.07, 6.45) is 0. The first kappa shape index (κ1) is 20.0. The highest BCUT2D eigenvalue weighted by atomic mass is 32.2. The predicted molar refractivity (Wildman–Crippen MR) is 113 cm³/mol. The van der Waals surface area contributed by atoms with Gasteiger partial charge in [-0.15, -0.1) is 22.0 Å². The number of nitrogens with zero attached hydrogens (tertiary/aromatic N) is 2. The zero-order valence-electron chi connectivity index (χ0n) is 15.6. The Balaban J connectivity index is 1.49. The molecule has 0 spiro atoms. The van der Waals surface area contributed by atoms with Gasteiger partial charge < -0.3 is 10.6 Å². The number of carbonyl (C=O) groups excluding carboxylic acids is 2. The Labute approximate surface area is 171 Å². The highest BCUT2D eigenvalue weighted by molar-refractivity contribution is 7.98. The van der Waals surface area contributed by atoms with Gasteiger partial charge in [0, 0.05) is 24.1 Å². The minimum atomic E-state index is -0.214. The molecule has 0 radical (unpaired) electrons. The van der Waals surface area contributed by atoms with Crippen molar-refractivity contribution in [3.05, 3.63) is 69.7 Å². The lowest BCUT2D eigenvalue weighted by atomic mass is 10.1. The molecule has 8 heteroatoms. The van der Waals surface area contributed by atoms with Crippen LogP contribution in [0.4, 0.5) is 5.69 Å². The van der Waals surface area contributed by atoms with Crippen LogP contribution >= 0.6 is 23.1 Å². The Kier molecular flexibility index (Phi) is 6.78. The number of carbonyl (C=O) groups is 2. The third-order valence-electron chi connectivity index (χ3n) is 3.77. The number of aryl methyl sites for hydroxylation is 1. The van der Waals surface area contributed by atoms with Crippen LogP contribution < -0.4 is 10.6 Å². The lowest BCUT2D eigenvalue weighted by molar-refractivity contribution is -0.114. The first-order chi connectivity index (χ1) is 13.5. The third kappa shape index (κ3) is 5.90. The second-order valence-corrected chi connectivity index (χ2v) is 8.27. The lowest BCUT2D eigenvalue weighted by Gasteiger charge is -2.03. The van der Waals surface area contributed by atoms with Crippen molar-refractivity contribution in [2.24, 2.45) is 0 Å². The van der Waals surface area contributed by atoms with Gasteiger partial charge in [0.1, 0.15) is 5.01 Å². The Morgan fingerprint density at radius 3 is 2.43 bits per heavy atom. The van der Waals surface area contributed by atoms with Gasteiger partial charge in [-0.2, -0.15) is 0 Å². The normalized spacial score (nSPS) is 10.5. The molecule has 2 amide bonds. The molecule has 0 aliphatic rings. The van der Waals surface area contributed by atoms with Crippen molar-refractivity contribution < 1.29 is 9.59 Å². The molecule has 0 saturated carbocycles. The Morgan fingerprint density at radius 1 is 1.04 bits per heavy atom. The Hall–Kier alpha value is -2.71. The molecule has 6 nitrogen and oxygen atoms in total. The van der Waals surface area contributed by atoms with Crippen molar-refractivity contribution in [1.29, 1.82) is 0 Å². The largest absolute Gasteiger partial charge is 0.346 e. The fourth-order valence-corrected chi connectivity index (χ4v) is 3.99. The van der Waals surface area contributed by atoms with E-state index in [-0.39, 0.29) is 11.8 Å². The second-order valence-electron chi connectivity index (χ2n) is 6.16. The van der Waals surface area contributed by atoms with Crippen molar-refractivity contribution in [3.63, 3.8) is 0 Å². The van der Waals surface area contributed by atoms with Crippen molar-refractivity contribution >= 4 is 40.6 Å². The van der Waals surface area contributed by atoms with Crippen molar-refractivity contribution in [1.82, 2.24) is 15.5 Å². The average molecular weight is 413 g/mol. The summed E-state index contributed by atoms with van der Waals surface area (Å²) < 4.78 is 0. The first-order valence-electron chi connectivity index (χ1n) is 8.66. The molecule has 144 valence electrons. The van der Waals surface area contributed by atoms with Crippen molar-refractivity contribution in [2.45, 2.75) is 31.0 Å². The summed E-state index contributed by atoms with van der Waals surface area (Å²) in [5, 5.41) is 14.9. The van der Waals surface area contributed by atoms with Crippen LogP contribution in [0.1, 0.15) is 32.9 Å². The minimum Gasteiger partial charge on any atom is -0.346 e. The van der Waals surface area contributed by atoms with Crippen LogP contribution in [0.25, 0.3) is 0 Å². The van der Waals surface area contributed by atoms with Crippen LogP contribution in [-0.2, 0) is 17.1 Å². The number of hydrogen-bond donors (Lipinski definition) is 2. The SMILES string of the molecule is CC(=O)Nc1ccc(SCc2nnc(C(=O)NCc3ccc(C)cc3)s2)cc1. The Morgan fingerprint density at radius 2 is 1.75 bits per heavy atom. The molecule has 1 heterocycles. The van der Waals surface area contributed by atoms with Crippen molar-refractivity contribution in [2.75, 3.05) is 5.32 Å². The molecule has 2 aromatic carbocycles. The third-order valence-corrected chi connectivity index (χ3v) is 5.90. The molecule has 3 aromatic rings. The summed E-state index contributed by atoms with van der Waals surface area (Å²) in [5.41, 5.74) is 2.99. The van der Waals surface area contributed by atoms with E-state index in [1.54, 1.807) is 11.8 Å². The van der Waals surface area contributed by atoms with Crippen LogP contribution in [0.2, 0.25) is 0 Å². The molecule has 0 saturated heterocycles. The van der Waals surface area contributed by atoms with E-state index >= 15 is 0 Å². The maximum atomic E-state index is 12.3. The number of benzene rings is 2. The topological polar surface area (TPSA) is 84.0 Å². The summed E-state index contributed by atoms with van der Waals surface area (Å²) in [5.74, 6) is 0.319. The van der Waals surface area contributed by atoms with Gasteiger partial charge in [-0.25, -0.2) is 0 Å². The van der Waals surface area contributed by atoms with Crippen molar-refractivity contribution in [3.8, 4) is 0 Å². The van der Waals surface area contributed by atoms with E-state index in [0.717, 1.165) is 21.2 Å². The highest BCUT2D eigenvalue weighted by Gasteiger charge is 2.13. The molecule has 0 fully saturated rings. The van der Waals surface area contributed by atoms with Crippen LogP contribution in [0.5, 0.6) is 0 Å². The van der Waals surface area contributed by atoms with Crippen LogP contribution in [0.3, 0.4) is 0 Å². The average Bonchev–Trinajstić information content (AvgIpc) is 3.15. The maximum absolute atomic E-state index is 12.3. The summed E-state index contributed by atoms with van der Waals surface area (Å²) in [4.78, 5) is 24.3. The van der Waals surface area contributed by atoms with Gasteiger partial charge >= 0.3 is 0 Å². The number of aromatic nitrogens is 2. The van der Waals surface area contributed by atoms with E-state index in [4.69, 9.17) is 0 Å². The molecule has 2 N–H and O–H groups in total. The van der Waals surface area contributed by atoms with E-state index in [0.29, 0.717) is 17.3 Å². The van der Waals surface area contributed by atoms with Gasteiger partial charge in [0.2, 0.25) is 10.9 Å². The fourth-order valence-electron chi connectivity index (χ4n) is 2.35. The molecule has 0 unspecified atom stereocenters. The van der Waals surface area contributed by atoms with E-state index in [1.807, 2.05) is 55.5 Å². The molecule has 3 rings (SSSR count). The van der Waals surface area contributed by atoms with Gasteiger partial charge in [-0.3, -0.25) is 9.59 Å². The molecule has 0 bridgehead atoms. The van der Waals surface area contributed by atoms with E-state index in [2.05, 4.69) is 20.8 Å². The first-order valence-corrected chi connectivity index (χ1v) is 10.5. The summed E-state index contributed by atoms with van der Waals surface area (Å²) in [7, 11) is 0. The molecule has 1 aromatic heterocycles. The Bertz CT molecular complexity index is 953. The van der Waals surface area contributed by atoms with Gasteiger partial charge in [-0.1, -0.05) is 41.2 Å². The smallest absolute Gasteiger partial charge is 0.282 e. The molecule has 0 atom stereocenters. The van der Waals surface area contributed by atoms with Crippen LogP contribution in [0.15, 0.2) is 53.4 Å². The standard InChI is InChI=1S/C20H20N4O2S2/c1-13-3-5-15(6-4-13)11-21-19(26)20-24-23-18(28-20)12-27-17-9-7-16(8-10-17)22-14(2)25/h3-10H,11-12H2,1-2H3,(H,21,26)(H,22,25). The quantitative estimate of drug-likeness (QED) is 0.573. The summed E-state index contributed by atoms with van der Waals surface area (Å²) in [6.45, 7) is 3.97. The summed E-state index contributed by atoms with van der Waals surface area (Å²) >= 11 is 2.90. The maximum Gasteiger partial charge on any atom is 0.282 e. The predicted octanol–water partition coefficient (Wildman–Crippen LogP) is 4.03. The van der Waals surface area contributed by atoms with Gasteiger partial charge in [0.25, 0.3) is 5.91 Å². The van der Waals surface area contributed by atoms with E-state index in [1.165, 1.54) is 23.8 Å². The van der Waals surface area contributed by atoms with E-state index in [9.17, 15) is 9.59 Å². The number of amides is 2. The second kappa shape index (κ2) is 9.48. The number of nitrogens with one attached hydrogen (secondary N) is 2. The molecule has 28 heavy (non-hydrogen) atoms. The molecular weight excluding hydrogens is 392 g/mol. The highest BCUT2D eigenvalue weighted by Crippen LogP contribution is 2.25. The molecule has 0 aliphatic carbocycles. The zero-order chi connectivity index (χ0) is 19.9. The van der Waals surface area contributed by atoms with E-state index < -0.39 is 0 Å².